The van der Waals surface area contributed by atoms with Crippen LogP contribution in [0.15, 0.2) is 18.2 Å². The van der Waals surface area contributed by atoms with E-state index in [1.165, 1.54) is 0 Å². The topological polar surface area (TPSA) is 37.8 Å². The fourth-order valence-corrected chi connectivity index (χ4v) is 3.43. The van der Waals surface area contributed by atoms with E-state index in [4.69, 9.17) is 28.2 Å². The first-order valence-electron chi connectivity index (χ1n) is 6.60. The summed E-state index contributed by atoms with van der Waals surface area (Å²) in [5.41, 5.74) is 2.10. The number of hydrogen-bond donors (Lipinski definition) is 1. The van der Waals surface area contributed by atoms with E-state index in [9.17, 15) is 0 Å². The molecule has 0 radical (unpaired) electrons. The van der Waals surface area contributed by atoms with Crippen LogP contribution in [0, 0.1) is 3.57 Å². The Labute approximate surface area is 148 Å². The first-order valence-corrected chi connectivity index (χ1v) is 8.43. The molecule has 21 heavy (non-hydrogen) atoms. The average molecular weight is 436 g/mol. The molecule has 0 saturated heterocycles. The molecule has 0 spiro atoms. The summed E-state index contributed by atoms with van der Waals surface area (Å²) < 4.78 is 1.07. The molecule has 1 aromatic carbocycles. The predicted molar refractivity (Wildman–Crippen MR) is 97.7 cm³/mol. The second-order valence-corrected chi connectivity index (χ2v) is 6.91. The third kappa shape index (κ3) is 3.99. The van der Waals surface area contributed by atoms with E-state index < -0.39 is 0 Å². The predicted octanol–water partition coefficient (Wildman–Crippen LogP) is 5.14. The van der Waals surface area contributed by atoms with Gasteiger partial charge in [-0.2, -0.15) is 0 Å². The highest BCUT2D eigenvalue weighted by atomic mass is 127. The van der Waals surface area contributed by atoms with Gasteiger partial charge < -0.3 is 5.32 Å². The quantitative estimate of drug-likeness (QED) is 0.675. The van der Waals surface area contributed by atoms with Crippen molar-refractivity contribution in [2.45, 2.75) is 26.2 Å². The van der Waals surface area contributed by atoms with Crippen LogP contribution < -0.4 is 5.32 Å². The Morgan fingerprint density at radius 3 is 2.48 bits per heavy atom. The molecule has 0 aliphatic heterocycles. The van der Waals surface area contributed by atoms with Crippen LogP contribution in [0.25, 0.3) is 0 Å². The molecule has 1 heterocycles. The molecule has 0 bridgehead atoms. The summed E-state index contributed by atoms with van der Waals surface area (Å²) in [6.45, 7) is 4.26. The highest BCUT2D eigenvalue weighted by Gasteiger charge is 2.14. The van der Waals surface area contributed by atoms with Crippen LogP contribution >= 0.6 is 45.8 Å². The molecular weight excluding hydrogens is 420 g/mol. The van der Waals surface area contributed by atoms with Gasteiger partial charge in [-0.05, 0) is 46.2 Å². The fraction of sp³-hybridized carbons (Fsp3) is 0.333. The maximum atomic E-state index is 6.06. The molecule has 0 unspecified atom stereocenters. The van der Waals surface area contributed by atoms with Gasteiger partial charge in [-0.3, -0.25) is 0 Å². The minimum absolute atomic E-state index is 0.347. The lowest BCUT2D eigenvalue weighted by molar-refractivity contribution is 0.784. The zero-order chi connectivity index (χ0) is 15.6. The van der Waals surface area contributed by atoms with Gasteiger partial charge in [-0.1, -0.05) is 43.1 Å². The Kier molecular flexibility index (Phi) is 5.68. The number of aromatic nitrogens is 2. The number of hydrogen-bond acceptors (Lipinski definition) is 3. The molecule has 3 nitrogen and oxygen atoms in total. The lowest BCUT2D eigenvalue weighted by atomic mass is 10.1. The van der Waals surface area contributed by atoms with E-state index in [2.05, 4.69) is 46.7 Å². The van der Waals surface area contributed by atoms with Crippen molar-refractivity contribution in [1.29, 1.82) is 0 Å². The molecule has 2 rings (SSSR count). The average Bonchev–Trinajstić information content (AvgIpc) is 2.44. The van der Waals surface area contributed by atoms with E-state index in [1.54, 1.807) is 6.07 Å². The van der Waals surface area contributed by atoms with Crippen LogP contribution in [0.5, 0.6) is 0 Å². The molecule has 112 valence electrons. The molecule has 1 N–H and O–H groups in total. The summed E-state index contributed by atoms with van der Waals surface area (Å²) in [6.07, 6.45) is 0.627. The number of rotatable bonds is 4. The van der Waals surface area contributed by atoms with Crippen molar-refractivity contribution in [1.82, 2.24) is 9.97 Å². The standard InChI is InChI=1S/C15H16Cl2IN3/c1-8(2)14-13(18)15(19-3)21-12(20-14)7-9-4-5-10(16)11(17)6-9/h4-6,8H,7H2,1-3H3,(H,19,20,21). The van der Waals surface area contributed by atoms with E-state index in [-0.39, 0.29) is 0 Å². The Bertz CT molecular complexity index is 660. The Morgan fingerprint density at radius 2 is 1.90 bits per heavy atom. The lowest BCUT2D eigenvalue weighted by Crippen LogP contribution is -2.09. The summed E-state index contributed by atoms with van der Waals surface area (Å²) in [4.78, 5) is 9.27. The fourth-order valence-electron chi connectivity index (χ4n) is 1.97. The molecule has 0 amide bonds. The molecule has 1 aromatic heterocycles. The first kappa shape index (κ1) is 16.8. The normalized spacial score (nSPS) is 11.0. The molecule has 0 atom stereocenters. The van der Waals surface area contributed by atoms with Crippen LogP contribution in [0.4, 0.5) is 5.82 Å². The van der Waals surface area contributed by atoms with Crippen molar-refractivity contribution < 1.29 is 0 Å². The van der Waals surface area contributed by atoms with Gasteiger partial charge in [0.25, 0.3) is 0 Å². The molecule has 0 aliphatic rings. The Hall–Kier alpha value is -0.590. The maximum Gasteiger partial charge on any atom is 0.143 e. The Morgan fingerprint density at radius 1 is 1.19 bits per heavy atom. The number of anilines is 1. The van der Waals surface area contributed by atoms with Crippen LogP contribution in [0.2, 0.25) is 10.0 Å². The van der Waals surface area contributed by atoms with Crippen molar-refractivity contribution in [3.8, 4) is 0 Å². The largest absolute Gasteiger partial charge is 0.372 e. The van der Waals surface area contributed by atoms with Gasteiger partial charge in [0.2, 0.25) is 0 Å². The summed E-state index contributed by atoms with van der Waals surface area (Å²) in [5.74, 6) is 1.99. The van der Waals surface area contributed by atoms with Gasteiger partial charge in [0, 0.05) is 13.5 Å². The molecule has 0 saturated carbocycles. The van der Waals surface area contributed by atoms with E-state index >= 15 is 0 Å². The van der Waals surface area contributed by atoms with E-state index in [1.807, 2.05) is 19.2 Å². The molecule has 0 fully saturated rings. The van der Waals surface area contributed by atoms with Crippen LogP contribution in [0.3, 0.4) is 0 Å². The van der Waals surface area contributed by atoms with Crippen molar-refractivity contribution in [2.75, 3.05) is 12.4 Å². The van der Waals surface area contributed by atoms with E-state index in [0.717, 1.165) is 26.5 Å². The minimum Gasteiger partial charge on any atom is -0.372 e. The summed E-state index contributed by atoms with van der Waals surface area (Å²) in [6, 6.07) is 5.61. The van der Waals surface area contributed by atoms with Crippen LogP contribution in [0.1, 0.15) is 36.8 Å². The van der Waals surface area contributed by atoms with E-state index in [0.29, 0.717) is 22.4 Å². The number of halogens is 3. The zero-order valence-corrected chi connectivity index (χ0v) is 15.7. The van der Waals surface area contributed by atoms with Gasteiger partial charge in [-0.15, -0.1) is 0 Å². The first-order chi connectivity index (χ1) is 9.92. The summed E-state index contributed by atoms with van der Waals surface area (Å²) >= 11 is 14.3. The Balaban J connectivity index is 2.39. The molecule has 6 heteroatoms. The van der Waals surface area contributed by atoms with Crippen LogP contribution in [-0.4, -0.2) is 17.0 Å². The molecule has 0 aliphatic carbocycles. The van der Waals surface area contributed by atoms with Crippen molar-refractivity contribution in [2.24, 2.45) is 0 Å². The van der Waals surface area contributed by atoms with Gasteiger partial charge in [0.1, 0.15) is 11.6 Å². The van der Waals surface area contributed by atoms with Crippen molar-refractivity contribution in [3.05, 3.63) is 48.9 Å². The number of benzene rings is 1. The third-order valence-electron chi connectivity index (χ3n) is 3.05. The number of nitrogens with one attached hydrogen (secondary N) is 1. The minimum atomic E-state index is 0.347. The van der Waals surface area contributed by atoms with Crippen molar-refractivity contribution >= 4 is 51.6 Å². The van der Waals surface area contributed by atoms with Crippen LogP contribution in [-0.2, 0) is 6.42 Å². The number of nitrogens with zero attached hydrogens (tertiary/aromatic N) is 2. The second kappa shape index (κ2) is 7.11. The molecular formula is C15H16Cl2IN3. The second-order valence-electron chi connectivity index (χ2n) is 5.02. The lowest BCUT2D eigenvalue weighted by Gasteiger charge is -2.13. The highest BCUT2D eigenvalue weighted by Crippen LogP contribution is 2.27. The third-order valence-corrected chi connectivity index (χ3v) is 4.86. The molecule has 2 aromatic rings. The summed E-state index contributed by atoms with van der Waals surface area (Å²) in [7, 11) is 1.87. The maximum absolute atomic E-state index is 6.06. The van der Waals surface area contributed by atoms with Gasteiger partial charge >= 0.3 is 0 Å². The monoisotopic (exact) mass is 435 g/mol. The summed E-state index contributed by atoms with van der Waals surface area (Å²) in [5, 5.41) is 4.24. The van der Waals surface area contributed by atoms with Gasteiger partial charge in [-0.25, -0.2) is 9.97 Å². The van der Waals surface area contributed by atoms with Gasteiger partial charge in [0.05, 0.1) is 19.3 Å². The van der Waals surface area contributed by atoms with Gasteiger partial charge in [0.15, 0.2) is 0 Å². The highest BCUT2D eigenvalue weighted by molar-refractivity contribution is 14.1. The smallest absolute Gasteiger partial charge is 0.143 e. The zero-order valence-electron chi connectivity index (χ0n) is 12.0. The SMILES string of the molecule is CNc1nc(Cc2ccc(Cl)c(Cl)c2)nc(C(C)C)c1I. The van der Waals surface area contributed by atoms with Crippen molar-refractivity contribution in [3.63, 3.8) is 0 Å².